The highest BCUT2D eigenvalue weighted by Gasteiger charge is 2.33. The molecular formula is C52H48Si. The molecule has 0 aliphatic heterocycles. The van der Waals surface area contributed by atoms with Crippen LogP contribution in [0.2, 0.25) is 6.55 Å². The molecule has 0 radical (unpaired) electrons. The minimum absolute atomic E-state index is 0.121. The van der Waals surface area contributed by atoms with Crippen LogP contribution < -0.4 is 15.6 Å². The first-order chi connectivity index (χ1) is 26.0. The fourth-order valence-corrected chi connectivity index (χ4v) is 10.6. The first kappa shape index (κ1) is 36.8. The average molecular weight is 701 g/mol. The van der Waals surface area contributed by atoms with Gasteiger partial charge in [-0.2, -0.15) is 0 Å². The smallest absolute Gasteiger partial charge is 0.0624 e. The van der Waals surface area contributed by atoms with Crippen molar-refractivity contribution >= 4 is 23.6 Å². The quantitative estimate of drug-likeness (QED) is 0.115. The molecule has 0 aliphatic carbocycles. The Bertz CT molecular complexity index is 1880. The van der Waals surface area contributed by atoms with Crippen LogP contribution in [0.3, 0.4) is 0 Å². The molecule has 0 atom stereocenters. The molecule has 0 fully saturated rings. The largest absolute Gasteiger partial charge is 0.145 e. The highest BCUT2D eigenvalue weighted by atomic mass is 28.3. The molecule has 0 amide bonds. The van der Waals surface area contributed by atoms with Crippen molar-refractivity contribution in [2.45, 2.75) is 25.8 Å². The van der Waals surface area contributed by atoms with E-state index in [0.717, 1.165) is 0 Å². The molecule has 0 saturated carbocycles. The van der Waals surface area contributed by atoms with Crippen molar-refractivity contribution in [3.05, 3.63) is 259 Å². The second-order valence-electron chi connectivity index (χ2n) is 13.7. The van der Waals surface area contributed by atoms with Crippen LogP contribution in [-0.4, -0.2) is 8.07 Å². The van der Waals surface area contributed by atoms with E-state index in [1.165, 1.54) is 48.9 Å². The lowest BCUT2D eigenvalue weighted by atomic mass is 9.71. The maximum absolute atomic E-state index is 2.44. The molecule has 8 rings (SSSR count). The molecule has 0 heterocycles. The molecule has 0 spiro atoms. The second-order valence-corrected chi connectivity index (χ2v) is 17.7. The molecule has 260 valence electrons. The highest BCUT2D eigenvalue weighted by molar-refractivity contribution is 7.10. The number of benzene rings is 8. The molecule has 53 heavy (non-hydrogen) atoms. The van der Waals surface area contributed by atoms with Crippen LogP contribution >= 0.6 is 0 Å². The summed E-state index contributed by atoms with van der Waals surface area (Å²) < 4.78 is 0. The van der Waals surface area contributed by atoms with E-state index in [1.54, 1.807) is 0 Å². The van der Waals surface area contributed by atoms with Crippen LogP contribution in [0.15, 0.2) is 237 Å². The standard InChI is InChI=1S/C20H18.C19H18Si.C13H12/c2*1-20(17-11-5-2-6-12-17,18-13-7-3-8-14-18)19-15-9-4-10-16-19;1-11-7-9-13(10-8-11)12-5-3-2-4-6-12/h2*2-16H,1H3;2-10H,1H3. The highest BCUT2D eigenvalue weighted by Crippen LogP contribution is 2.38. The van der Waals surface area contributed by atoms with E-state index < -0.39 is 8.07 Å². The molecule has 0 nitrogen and oxygen atoms in total. The van der Waals surface area contributed by atoms with Crippen LogP contribution in [-0.2, 0) is 5.41 Å². The Kier molecular flexibility index (Phi) is 12.5. The lowest BCUT2D eigenvalue weighted by molar-refractivity contribution is 0.692. The summed E-state index contributed by atoms with van der Waals surface area (Å²) in [4.78, 5) is 0. The van der Waals surface area contributed by atoms with Gasteiger partial charge in [0.25, 0.3) is 0 Å². The Labute approximate surface area is 318 Å². The monoisotopic (exact) mass is 700 g/mol. The fraction of sp³-hybridized carbons (Fsp3) is 0.0769. The Balaban J connectivity index is 0.000000139. The summed E-state index contributed by atoms with van der Waals surface area (Å²) in [5, 5.41) is 4.37. The summed E-state index contributed by atoms with van der Waals surface area (Å²) in [5.41, 5.74) is 7.70. The van der Waals surface area contributed by atoms with Crippen LogP contribution in [0.25, 0.3) is 11.1 Å². The first-order valence-electron chi connectivity index (χ1n) is 18.4. The molecule has 0 aliphatic rings. The van der Waals surface area contributed by atoms with E-state index in [-0.39, 0.29) is 5.41 Å². The minimum atomic E-state index is -1.88. The summed E-state index contributed by atoms with van der Waals surface area (Å²) in [6.07, 6.45) is 0. The van der Waals surface area contributed by atoms with Crippen molar-refractivity contribution in [3.8, 4) is 11.1 Å². The Hall–Kier alpha value is -6.02. The van der Waals surface area contributed by atoms with E-state index in [0.29, 0.717) is 0 Å². The van der Waals surface area contributed by atoms with Crippen molar-refractivity contribution in [2.24, 2.45) is 0 Å². The van der Waals surface area contributed by atoms with Gasteiger partial charge in [0.2, 0.25) is 0 Å². The predicted molar refractivity (Wildman–Crippen MR) is 231 cm³/mol. The summed E-state index contributed by atoms with van der Waals surface area (Å²) >= 11 is 0. The lowest BCUT2D eigenvalue weighted by Crippen LogP contribution is -2.64. The number of aryl methyl sites for hydroxylation is 1. The Morgan fingerprint density at radius 1 is 0.302 bits per heavy atom. The molecule has 0 aromatic heterocycles. The predicted octanol–water partition coefficient (Wildman–Crippen LogP) is 11.5. The van der Waals surface area contributed by atoms with E-state index in [2.05, 4.69) is 251 Å². The van der Waals surface area contributed by atoms with Gasteiger partial charge in [-0.05, 0) is 57.2 Å². The second kappa shape index (κ2) is 18.0. The fourth-order valence-electron chi connectivity index (χ4n) is 7.01. The third kappa shape index (κ3) is 8.90. The lowest BCUT2D eigenvalue weighted by Gasteiger charge is -2.31. The normalized spacial score (nSPS) is 10.9. The molecule has 0 saturated heterocycles. The van der Waals surface area contributed by atoms with Crippen LogP contribution in [0.5, 0.6) is 0 Å². The summed E-state index contributed by atoms with van der Waals surface area (Å²) in [6, 6.07) is 83.9. The van der Waals surface area contributed by atoms with Crippen LogP contribution in [0.4, 0.5) is 0 Å². The maximum atomic E-state index is 2.44. The molecular weight excluding hydrogens is 653 g/mol. The topological polar surface area (TPSA) is 0 Å². The Morgan fingerprint density at radius 3 is 0.849 bits per heavy atom. The number of hydrogen-bond acceptors (Lipinski definition) is 0. The van der Waals surface area contributed by atoms with E-state index in [4.69, 9.17) is 0 Å². The SMILES string of the molecule is CC(c1ccccc1)(c1ccccc1)c1ccccc1.C[Si](c1ccccc1)(c1ccccc1)c1ccccc1.Cc1ccc(-c2ccccc2)cc1. The van der Waals surface area contributed by atoms with Crippen molar-refractivity contribution in [1.82, 2.24) is 0 Å². The van der Waals surface area contributed by atoms with E-state index >= 15 is 0 Å². The maximum Gasteiger partial charge on any atom is 0.145 e. The number of hydrogen-bond donors (Lipinski definition) is 0. The third-order valence-electron chi connectivity index (χ3n) is 10.3. The van der Waals surface area contributed by atoms with Crippen molar-refractivity contribution < 1.29 is 0 Å². The van der Waals surface area contributed by atoms with Crippen molar-refractivity contribution in [2.75, 3.05) is 0 Å². The molecule has 8 aromatic rings. The minimum Gasteiger partial charge on any atom is -0.0624 e. The van der Waals surface area contributed by atoms with Crippen LogP contribution in [0.1, 0.15) is 29.2 Å². The van der Waals surface area contributed by atoms with Crippen molar-refractivity contribution in [1.29, 1.82) is 0 Å². The van der Waals surface area contributed by atoms with Gasteiger partial charge in [-0.15, -0.1) is 0 Å². The van der Waals surface area contributed by atoms with Crippen molar-refractivity contribution in [3.63, 3.8) is 0 Å². The van der Waals surface area contributed by atoms with Gasteiger partial charge in [0, 0.05) is 5.41 Å². The number of rotatable bonds is 7. The molecule has 1 heteroatoms. The Morgan fingerprint density at radius 2 is 0.547 bits per heavy atom. The van der Waals surface area contributed by atoms with Gasteiger partial charge in [0.1, 0.15) is 8.07 Å². The third-order valence-corrected chi connectivity index (χ3v) is 14.7. The van der Waals surface area contributed by atoms with E-state index in [9.17, 15) is 0 Å². The average Bonchev–Trinajstić information content (AvgIpc) is 3.26. The molecule has 0 N–H and O–H groups in total. The first-order valence-corrected chi connectivity index (χ1v) is 20.9. The summed E-state index contributed by atoms with van der Waals surface area (Å²) in [5.74, 6) is 0. The van der Waals surface area contributed by atoms with E-state index in [1.807, 2.05) is 6.07 Å². The zero-order valence-corrected chi connectivity index (χ0v) is 32.0. The molecule has 0 unspecified atom stereocenters. The van der Waals surface area contributed by atoms with Gasteiger partial charge in [-0.25, -0.2) is 0 Å². The zero-order chi connectivity index (χ0) is 36.8. The van der Waals surface area contributed by atoms with Gasteiger partial charge >= 0.3 is 0 Å². The van der Waals surface area contributed by atoms with Gasteiger partial charge in [0.05, 0.1) is 0 Å². The summed E-state index contributed by atoms with van der Waals surface area (Å²) in [6.45, 7) is 6.84. The van der Waals surface area contributed by atoms with Gasteiger partial charge < -0.3 is 0 Å². The van der Waals surface area contributed by atoms with Gasteiger partial charge in [-0.3, -0.25) is 0 Å². The zero-order valence-electron chi connectivity index (χ0n) is 31.0. The van der Waals surface area contributed by atoms with Gasteiger partial charge in [0.15, 0.2) is 0 Å². The molecule has 0 bridgehead atoms. The van der Waals surface area contributed by atoms with Gasteiger partial charge in [-0.1, -0.05) is 249 Å². The van der Waals surface area contributed by atoms with Crippen LogP contribution in [0, 0.1) is 6.92 Å². The molecule has 8 aromatic carbocycles. The summed E-state index contributed by atoms with van der Waals surface area (Å²) in [7, 11) is -1.88.